The highest BCUT2D eigenvalue weighted by atomic mass is 79.9. The van der Waals surface area contributed by atoms with E-state index in [0.29, 0.717) is 4.83 Å². The van der Waals surface area contributed by atoms with E-state index in [-0.39, 0.29) is 0 Å². The van der Waals surface area contributed by atoms with Crippen molar-refractivity contribution in [1.82, 2.24) is 9.78 Å². The molecule has 20 heavy (non-hydrogen) atoms. The number of aromatic nitrogens is 2. The molecule has 1 unspecified atom stereocenters. The Bertz CT molecular complexity index is 549. The number of rotatable bonds is 6. The van der Waals surface area contributed by atoms with Gasteiger partial charge in [-0.3, -0.25) is 4.68 Å². The third-order valence-electron chi connectivity index (χ3n) is 3.49. The minimum absolute atomic E-state index is 0.432. The Morgan fingerprint density at radius 3 is 2.60 bits per heavy atom. The summed E-state index contributed by atoms with van der Waals surface area (Å²) >= 11 is 7.44. The number of aryl methyl sites for hydroxylation is 2. The van der Waals surface area contributed by atoms with Gasteiger partial charge in [0, 0.05) is 11.4 Å². The van der Waals surface area contributed by atoms with E-state index in [4.69, 9.17) is 0 Å². The van der Waals surface area contributed by atoms with Crippen molar-refractivity contribution >= 4 is 31.9 Å². The lowest BCUT2D eigenvalue weighted by atomic mass is 10.1. The van der Waals surface area contributed by atoms with Crippen LogP contribution in [0, 0.1) is 6.92 Å². The van der Waals surface area contributed by atoms with E-state index in [9.17, 15) is 0 Å². The number of halogens is 2. The minimum Gasteiger partial charge on any atom is -0.268 e. The van der Waals surface area contributed by atoms with Gasteiger partial charge in [0.15, 0.2) is 0 Å². The molecule has 0 aliphatic heterocycles. The van der Waals surface area contributed by atoms with E-state index in [0.717, 1.165) is 31.5 Å². The Morgan fingerprint density at radius 2 is 1.95 bits per heavy atom. The third-order valence-corrected chi connectivity index (χ3v) is 5.50. The molecular formula is C16H20Br2N2. The van der Waals surface area contributed by atoms with Gasteiger partial charge < -0.3 is 0 Å². The molecule has 1 aromatic heterocycles. The summed E-state index contributed by atoms with van der Waals surface area (Å²) in [6.45, 7) is 5.12. The largest absolute Gasteiger partial charge is 0.268 e. The van der Waals surface area contributed by atoms with E-state index >= 15 is 0 Å². The molecule has 0 fully saturated rings. The van der Waals surface area contributed by atoms with E-state index in [2.05, 4.69) is 85.8 Å². The van der Waals surface area contributed by atoms with Gasteiger partial charge in [-0.25, -0.2) is 0 Å². The van der Waals surface area contributed by atoms with Crippen LogP contribution >= 0.6 is 31.9 Å². The van der Waals surface area contributed by atoms with Gasteiger partial charge in [0.05, 0.1) is 15.9 Å². The molecule has 0 aliphatic carbocycles. The quantitative estimate of drug-likeness (QED) is 0.592. The molecule has 0 N–H and O–H groups in total. The molecule has 0 radical (unpaired) electrons. The lowest BCUT2D eigenvalue weighted by Crippen LogP contribution is -2.03. The fourth-order valence-electron chi connectivity index (χ4n) is 2.39. The number of hydrogen-bond donors (Lipinski definition) is 0. The lowest BCUT2D eigenvalue weighted by molar-refractivity contribution is 0.597. The topological polar surface area (TPSA) is 17.8 Å². The maximum absolute atomic E-state index is 4.54. The third kappa shape index (κ3) is 3.73. The summed E-state index contributed by atoms with van der Waals surface area (Å²) in [5.74, 6) is 0. The predicted molar refractivity (Wildman–Crippen MR) is 91.4 cm³/mol. The Balaban J connectivity index is 1.93. The van der Waals surface area contributed by atoms with Gasteiger partial charge in [0.2, 0.25) is 0 Å². The highest BCUT2D eigenvalue weighted by molar-refractivity contribution is 9.10. The van der Waals surface area contributed by atoms with Gasteiger partial charge in [-0.05, 0) is 54.6 Å². The molecule has 0 saturated heterocycles. The maximum Gasteiger partial charge on any atom is 0.0738 e. The summed E-state index contributed by atoms with van der Waals surface area (Å²) in [5, 5.41) is 4.54. The van der Waals surface area contributed by atoms with Crippen molar-refractivity contribution in [3.63, 3.8) is 0 Å². The van der Waals surface area contributed by atoms with Gasteiger partial charge in [-0.1, -0.05) is 46.3 Å². The summed E-state index contributed by atoms with van der Waals surface area (Å²) in [5.41, 5.74) is 3.75. The van der Waals surface area contributed by atoms with Crippen LogP contribution in [-0.2, 0) is 13.0 Å². The maximum atomic E-state index is 4.54. The second kappa shape index (κ2) is 7.41. The van der Waals surface area contributed by atoms with Gasteiger partial charge in [0.25, 0.3) is 0 Å². The average Bonchev–Trinajstić information content (AvgIpc) is 2.75. The SMILES string of the molecule is CCn1nc(C)c(Br)c1CCCC(Br)c1ccccc1. The van der Waals surface area contributed by atoms with E-state index in [1.165, 1.54) is 15.7 Å². The molecule has 0 saturated carbocycles. The molecule has 1 atom stereocenters. The second-order valence-corrected chi connectivity index (χ2v) is 6.83. The van der Waals surface area contributed by atoms with Crippen LogP contribution < -0.4 is 0 Å². The van der Waals surface area contributed by atoms with E-state index in [1.54, 1.807) is 0 Å². The molecule has 0 spiro atoms. The zero-order valence-corrected chi connectivity index (χ0v) is 15.1. The highest BCUT2D eigenvalue weighted by Gasteiger charge is 2.13. The van der Waals surface area contributed by atoms with Crippen molar-refractivity contribution in [2.24, 2.45) is 0 Å². The fourth-order valence-corrected chi connectivity index (χ4v) is 3.50. The fraction of sp³-hybridized carbons (Fsp3) is 0.438. The lowest BCUT2D eigenvalue weighted by Gasteiger charge is -2.10. The van der Waals surface area contributed by atoms with Crippen molar-refractivity contribution in [3.05, 3.63) is 51.8 Å². The monoisotopic (exact) mass is 398 g/mol. The smallest absolute Gasteiger partial charge is 0.0738 e. The highest BCUT2D eigenvalue weighted by Crippen LogP contribution is 2.29. The summed E-state index contributed by atoms with van der Waals surface area (Å²) in [7, 11) is 0. The van der Waals surface area contributed by atoms with Crippen molar-refractivity contribution in [1.29, 1.82) is 0 Å². The van der Waals surface area contributed by atoms with Crippen LogP contribution in [0.15, 0.2) is 34.8 Å². The standard InChI is InChI=1S/C16H20Br2N2/c1-3-20-15(16(18)12(2)19-20)11-7-10-14(17)13-8-5-4-6-9-13/h4-6,8-9,14H,3,7,10-11H2,1-2H3. The number of hydrogen-bond acceptors (Lipinski definition) is 1. The first-order valence-corrected chi connectivity index (χ1v) is 8.75. The van der Waals surface area contributed by atoms with Crippen LogP contribution in [0.3, 0.4) is 0 Å². The second-order valence-electron chi connectivity index (χ2n) is 4.93. The van der Waals surface area contributed by atoms with E-state index in [1.807, 2.05) is 0 Å². The van der Waals surface area contributed by atoms with Crippen LogP contribution in [0.2, 0.25) is 0 Å². The predicted octanol–water partition coefficient (Wildman–Crippen LogP) is 5.43. The zero-order chi connectivity index (χ0) is 14.5. The van der Waals surface area contributed by atoms with E-state index < -0.39 is 0 Å². The van der Waals surface area contributed by atoms with Gasteiger partial charge >= 0.3 is 0 Å². The molecular weight excluding hydrogens is 380 g/mol. The Hall–Kier alpha value is -0.610. The van der Waals surface area contributed by atoms with Gasteiger partial charge in [-0.15, -0.1) is 0 Å². The number of benzene rings is 1. The first kappa shape index (κ1) is 15.8. The number of nitrogens with zero attached hydrogens (tertiary/aromatic N) is 2. The average molecular weight is 400 g/mol. The Morgan fingerprint density at radius 1 is 1.25 bits per heavy atom. The van der Waals surface area contributed by atoms with Gasteiger partial charge in [0.1, 0.15) is 0 Å². The molecule has 108 valence electrons. The van der Waals surface area contributed by atoms with Crippen molar-refractivity contribution in [2.75, 3.05) is 0 Å². The molecule has 2 nitrogen and oxygen atoms in total. The van der Waals surface area contributed by atoms with Crippen LogP contribution in [0.1, 0.15) is 41.5 Å². The first-order valence-electron chi connectivity index (χ1n) is 7.04. The normalized spacial score (nSPS) is 12.6. The first-order chi connectivity index (χ1) is 9.63. The van der Waals surface area contributed by atoms with Crippen LogP contribution in [0.4, 0.5) is 0 Å². The summed E-state index contributed by atoms with van der Waals surface area (Å²) in [4.78, 5) is 0.432. The summed E-state index contributed by atoms with van der Waals surface area (Å²) < 4.78 is 3.27. The van der Waals surface area contributed by atoms with Crippen LogP contribution in [0.25, 0.3) is 0 Å². The van der Waals surface area contributed by atoms with Crippen molar-refractivity contribution < 1.29 is 0 Å². The zero-order valence-electron chi connectivity index (χ0n) is 11.9. The summed E-state index contributed by atoms with van der Waals surface area (Å²) in [6.07, 6.45) is 3.34. The molecule has 0 amide bonds. The van der Waals surface area contributed by atoms with Crippen molar-refractivity contribution in [3.8, 4) is 0 Å². The van der Waals surface area contributed by atoms with Gasteiger partial charge in [-0.2, -0.15) is 5.10 Å². The summed E-state index contributed by atoms with van der Waals surface area (Å²) in [6, 6.07) is 10.6. The molecule has 2 aromatic rings. The molecule has 1 aromatic carbocycles. The van der Waals surface area contributed by atoms with Crippen LogP contribution in [0.5, 0.6) is 0 Å². The minimum atomic E-state index is 0.432. The molecule has 2 rings (SSSR count). The molecule has 0 aliphatic rings. The number of alkyl halides is 1. The Kier molecular flexibility index (Phi) is 5.85. The molecule has 4 heteroatoms. The molecule has 0 bridgehead atoms. The molecule has 1 heterocycles. The van der Waals surface area contributed by atoms with Crippen molar-refractivity contribution in [2.45, 2.75) is 44.5 Å². The Labute approximate surface area is 137 Å². The van der Waals surface area contributed by atoms with Crippen LogP contribution in [-0.4, -0.2) is 9.78 Å².